The summed E-state index contributed by atoms with van der Waals surface area (Å²) in [5, 5.41) is 3.77. The van der Waals surface area contributed by atoms with E-state index in [2.05, 4.69) is 22.2 Å². The molecule has 148 valence electrons. The molecule has 0 aliphatic carbocycles. The van der Waals surface area contributed by atoms with Gasteiger partial charge in [-0.1, -0.05) is 17.3 Å². The van der Waals surface area contributed by atoms with E-state index >= 15 is 0 Å². The van der Waals surface area contributed by atoms with Crippen molar-refractivity contribution in [2.45, 2.75) is 32.6 Å². The second-order valence-corrected chi connectivity index (χ2v) is 8.89. The molecule has 0 unspecified atom stereocenters. The van der Waals surface area contributed by atoms with Crippen LogP contribution in [0.1, 0.15) is 22.6 Å². The first-order chi connectivity index (χ1) is 12.8. The Morgan fingerprint density at radius 3 is 2.44 bits per heavy atom. The number of benzene rings is 1. The number of sulfonamides is 1. The maximum atomic E-state index is 12.8. The molecule has 1 aliphatic heterocycles. The van der Waals surface area contributed by atoms with Gasteiger partial charge >= 0.3 is 0 Å². The lowest BCUT2D eigenvalue weighted by molar-refractivity contribution is 0.158. The summed E-state index contributed by atoms with van der Waals surface area (Å²) >= 11 is 0. The smallest absolute Gasteiger partial charge is 0.248 e. The fourth-order valence-electron chi connectivity index (χ4n) is 3.31. The van der Waals surface area contributed by atoms with Gasteiger partial charge in [0.05, 0.1) is 0 Å². The van der Waals surface area contributed by atoms with Gasteiger partial charge in [-0.25, -0.2) is 8.42 Å². The summed E-state index contributed by atoms with van der Waals surface area (Å²) in [6, 6.07) is 6.17. The van der Waals surface area contributed by atoms with Crippen LogP contribution in [0.15, 0.2) is 27.6 Å². The number of ether oxygens (including phenoxy) is 1. The van der Waals surface area contributed by atoms with Crippen LogP contribution in [0.2, 0.25) is 0 Å². The van der Waals surface area contributed by atoms with Crippen LogP contribution in [0.5, 0.6) is 5.75 Å². The van der Waals surface area contributed by atoms with Gasteiger partial charge in [0, 0.05) is 32.7 Å². The molecule has 1 aliphatic rings. The Morgan fingerprint density at radius 1 is 1.11 bits per heavy atom. The summed E-state index contributed by atoms with van der Waals surface area (Å²) in [6.07, 6.45) is 0. The minimum atomic E-state index is -3.56. The molecule has 1 aromatic carbocycles. The van der Waals surface area contributed by atoms with Crippen LogP contribution in [-0.2, 0) is 10.0 Å². The lowest BCUT2D eigenvalue weighted by Crippen LogP contribution is -2.49. The monoisotopic (exact) mass is 393 g/mol. The van der Waals surface area contributed by atoms with Gasteiger partial charge in [0.15, 0.2) is 5.76 Å². The summed E-state index contributed by atoms with van der Waals surface area (Å²) in [7, 11) is -3.56. The zero-order valence-corrected chi connectivity index (χ0v) is 17.2. The van der Waals surface area contributed by atoms with E-state index in [1.54, 1.807) is 13.8 Å². The van der Waals surface area contributed by atoms with E-state index in [4.69, 9.17) is 9.26 Å². The number of aryl methyl sites for hydroxylation is 4. The molecule has 3 rings (SSSR count). The van der Waals surface area contributed by atoms with Crippen molar-refractivity contribution in [1.29, 1.82) is 0 Å². The predicted octanol–water partition coefficient (Wildman–Crippen LogP) is 2.29. The van der Waals surface area contributed by atoms with Crippen LogP contribution in [0.25, 0.3) is 0 Å². The highest BCUT2D eigenvalue weighted by Gasteiger charge is 2.33. The maximum Gasteiger partial charge on any atom is 0.248 e. The van der Waals surface area contributed by atoms with E-state index in [0.717, 1.165) is 17.9 Å². The average molecular weight is 394 g/mol. The summed E-state index contributed by atoms with van der Waals surface area (Å²) in [5.74, 6) is 1.26. The first kappa shape index (κ1) is 19.9. The van der Waals surface area contributed by atoms with Gasteiger partial charge in [-0.2, -0.15) is 4.31 Å². The molecule has 8 heteroatoms. The summed E-state index contributed by atoms with van der Waals surface area (Å²) < 4.78 is 38.1. The van der Waals surface area contributed by atoms with Gasteiger partial charge in [0.1, 0.15) is 22.9 Å². The van der Waals surface area contributed by atoms with E-state index in [0.29, 0.717) is 44.2 Å². The number of hydrogen-bond acceptors (Lipinski definition) is 6. The molecule has 0 spiro atoms. The average Bonchev–Trinajstić information content (AvgIpc) is 2.97. The highest BCUT2D eigenvalue weighted by molar-refractivity contribution is 7.89. The first-order valence-corrected chi connectivity index (χ1v) is 10.6. The molecular weight excluding hydrogens is 366 g/mol. The van der Waals surface area contributed by atoms with E-state index in [-0.39, 0.29) is 4.90 Å². The Bertz CT molecular complexity index is 880. The molecule has 27 heavy (non-hydrogen) atoms. The Morgan fingerprint density at radius 2 is 1.81 bits per heavy atom. The zero-order chi connectivity index (χ0) is 19.6. The van der Waals surface area contributed by atoms with Crippen molar-refractivity contribution in [3.8, 4) is 5.75 Å². The minimum Gasteiger partial charge on any atom is -0.492 e. The Balaban J connectivity index is 1.52. The Kier molecular flexibility index (Phi) is 5.88. The highest BCUT2D eigenvalue weighted by atomic mass is 32.2. The van der Waals surface area contributed by atoms with Crippen LogP contribution in [0.3, 0.4) is 0 Å². The van der Waals surface area contributed by atoms with Crippen LogP contribution in [-0.4, -0.2) is 62.1 Å². The number of rotatable bonds is 6. The fourth-order valence-corrected chi connectivity index (χ4v) is 5.03. The van der Waals surface area contributed by atoms with Crippen molar-refractivity contribution in [1.82, 2.24) is 14.4 Å². The second kappa shape index (κ2) is 8.00. The van der Waals surface area contributed by atoms with E-state index in [1.165, 1.54) is 9.87 Å². The molecule has 1 fully saturated rings. The summed E-state index contributed by atoms with van der Waals surface area (Å²) in [4.78, 5) is 2.43. The minimum absolute atomic E-state index is 0.203. The summed E-state index contributed by atoms with van der Waals surface area (Å²) in [6.45, 7) is 11.0. The van der Waals surface area contributed by atoms with Gasteiger partial charge in [0.2, 0.25) is 10.0 Å². The zero-order valence-electron chi connectivity index (χ0n) is 16.4. The number of hydrogen-bond donors (Lipinski definition) is 0. The number of piperazine rings is 1. The topological polar surface area (TPSA) is 75.9 Å². The lowest BCUT2D eigenvalue weighted by atomic mass is 10.1. The first-order valence-electron chi connectivity index (χ1n) is 9.14. The number of aromatic nitrogens is 1. The normalized spacial score (nSPS) is 16.6. The molecule has 2 heterocycles. The molecule has 0 amide bonds. The van der Waals surface area contributed by atoms with Crippen molar-refractivity contribution in [2.75, 3.05) is 39.3 Å². The van der Waals surface area contributed by atoms with Gasteiger partial charge in [-0.05, 0) is 44.9 Å². The SMILES string of the molecule is Cc1ccc(C)c(OCCN2CCN(S(=O)(=O)c3c(C)noc3C)CC2)c1. The standard InChI is InChI=1S/C19H27N3O4S/c1-14-5-6-15(2)18(13-14)25-12-11-21-7-9-22(10-8-21)27(23,24)19-16(3)20-26-17(19)4/h5-6,13H,7-12H2,1-4H3. The maximum absolute atomic E-state index is 12.8. The quantitative estimate of drug-likeness (QED) is 0.750. The van der Waals surface area contributed by atoms with Crippen LogP contribution >= 0.6 is 0 Å². The van der Waals surface area contributed by atoms with Gasteiger partial charge in [-0.3, -0.25) is 4.90 Å². The third-order valence-electron chi connectivity index (χ3n) is 4.91. The molecule has 0 radical (unpaired) electrons. The van der Waals surface area contributed by atoms with E-state index < -0.39 is 10.0 Å². The highest BCUT2D eigenvalue weighted by Crippen LogP contribution is 2.24. The van der Waals surface area contributed by atoms with Crippen molar-refractivity contribution in [2.24, 2.45) is 0 Å². The third kappa shape index (κ3) is 4.34. The molecule has 7 nitrogen and oxygen atoms in total. The van der Waals surface area contributed by atoms with Gasteiger partial charge < -0.3 is 9.26 Å². The molecule has 1 aromatic heterocycles. The number of nitrogens with zero attached hydrogens (tertiary/aromatic N) is 3. The van der Waals surface area contributed by atoms with Crippen molar-refractivity contribution in [3.05, 3.63) is 40.8 Å². The molecular formula is C19H27N3O4S. The summed E-state index contributed by atoms with van der Waals surface area (Å²) in [5.41, 5.74) is 2.71. The largest absolute Gasteiger partial charge is 0.492 e. The van der Waals surface area contributed by atoms with E-state index in [9.17, 15) is 8.42 Å². The molecule has 2 aromatic rings. The fraction of sp³-hybridized carbons (Fsp3) is 0.526. The molecule has 0 N–H and O–H groups in total. The Hall–Kier alpha value is -1.90. The Labute approximate surface area is 160 Å². The van der Waals surface area contributed by atoms with Crippen molar-refractivity contribution < 1.29 is 17.7 Å². The second-order valence-electron chi connectivity index (χ2n) is 7.02. The van der Waals surface area contributed by atoms with Crippen LogP contribution in [0.4, 0.5) is 0 Å². The van der Waals surface area contributed by atoms with Crippen molar-refractivity contribution >= 4 is 10.0 Å². The molecule has 0 saturated carbocycles. The van der Waals surface area contributed by atoms with Gasteiger partial charge in [-0.15, -0.1) is 0 Å². The van der Waals surface area contributed by atoms with Crippen LogP contribution in [0, 0.1) is 27.7 Å². The third-order valence-corrected chi connectivity index (χ3v) is 7.05. The van der Waals surface area contributed by atoms with Gasteiger partial charge in [0.25, 0.3) is 0 Å². The van der Waals surface area contributed by atoms with E-state index in [1.807, 2.05) is 19.9 Å². The molecule has 1 saturated heterocycles. The molecule has 0 bridgehead atoms. The van der Waals surface area contributed by atoms with Crippen LogP contribution < -0.4 is 4.74 Å². The molecule has 0 atom stereocenters. The van der Waals surface area contributed by atoms with Crippen molar-refractivity contribution in [3.63, 3.8) is 0 Å². The lowest BCUT2D eigenvalue weighted by Gasteiger charge is -2.33. The predicted molar refractivity (Wildman–Crippen MR) is 103 cm³/mol.